The molecule has 1 heterocycles. The van der Waals surface area contributed by atoms with Crippen molar-refractivity contribution in [3.05, 3.63) is 45.4 Å². The van der Waals surface area contributed by atoms with Crippen LogP contribution in [-0.2, 0) is 11.3 Å². The highest BCUT2D eigenvalue weighted by Crippen LogP contribution is 2.20. The number of anilines is 1. The first kappa shape index (κ1) is 11.9. The zero-order valence-electron chi connectivity index (χ0n) is 8.72. The Morgan fingerprint density at radius 2 is 2.35 bits per heavy atom. The second-order valence-electron chi connectivity index (χ2n) is 3.24. The molecular weight excluding hydrogens is 260 g/mol. The van der Waals surface area contributed by atoms with Crippen molar-refractivity contribution in [2.75, 3.05) is 5.73 Å². The van der Waals surface area contributed by atoms with E-state index in [1.807, 2.05) is 5.38 Å². The van der Waals surface area contributed by atoms with Gasteiger partial charge in [0.25, 0.3) is 0 Å². The third kappa shape index (κ3) is 2.95. The molecule has 0 aliphatic rings. The molecule has 0 saturated carbocycles. The molecule has 0 radical (unpaired) electrons. The van der Waals surface area contributed by atoms with Crippen LogP contribution in [0.3, 0.4) is 0 Å². The van der Waals surface area contributed by atoms with Crippen molar-refractivity contribution in [1.29, 1.82) is 0 Å². The first-order valence-electron chi connectivity index (χ1n) is 4.77. The number of aromatic nitrogens is 1. The predicted molar refractivity (Wildman–Crippen MR) is 67.1 cm³/mol. The average Bonchev–Trinajstić information content (AvgIpc) is 2.82. The van der Waals surface area contributed by atoms with E-state index in [4.69, 9.17) is 22.1 Å². The van der Waals surface area contributed by atoms with Crippen LogP contribution in [0.2, 0.25) is 5.02 Å². The van der Waals surface area contributed by atoms with Crippen molar-refractivity contribution in [3.8, 4) is 0 Å². The van der Waals surface area contributed by atoms with E-state index in [1.165, 1.54) is 17.4 Å². The van der Waals surface area contributed by atoms with Crippen molar-refractivity contribution >= 4 is 34.6 Å². The molecule has 4 nitrogen and oxygen atoms in total. The van der Waals surface area contributed by atoms with E-state index in [2.05, 4.69) is 4.98 Å². The van der Waals surface area contributed by atoms with Gasteiger partial charge in [0, 0.05) is 11.6 Å². The zero-order chi connectivity index (χ0) is 12.3. The maximum Gasteiger partial charge on any atom is 0.338 e. The maximum absolute atomic E-state index is 11.7. The minimum absolute atomic E-state index is 0.165. The Balaban J connectivity index is 2.02. The molecule has 2 rings (SSSR count). The number of thiazole rings is 1. The van der Waals surface area contributed by atoms with Crippen LogP contribution in [0.5, 0.6) is 0 Å². The van der Waals surface area contributed by atoms with Crippen LogP contribution in [-0.4, -0.2) is 11.0 Å². The lowest BCUT2D eigenvalue weighted by Gasteiger charge is -2.04. The average molecular weight is 269 g/mol. The number of carbonyl (C=O) groups is 1. The largest absolute Gasteiger partial charge is 0.455 e. The molecule has 0 spiro atoms. The van der Waals surface area contributed by atoms with Gasteiger partial charge in [-0.2, -0.15) is 0 Å². The summed E-state index contributed by atoms with van der Waals surface area (Å²) in [6, 6.07) is 4.63. The Labute approximate surface area is 107 Å². The van der Waals surface area contributed by atoms with Gasteiger partial charge in [-0.15, -0.1) is 11.3 Å². The molecule has 0 amide bonds. The molecule has 17 heavy (non-hydrogen) atoms. The number of halogens is 1. The number of hydrogen-bond acceptors (Lipinski definition) is 5. The summed E-state index contributed by atoms with van der Waals surface area (Å²) >= 11 is 7.25. The Kier molecular flexibility index (Phi) is 3.61. The number of esters is 1. The highest BCUT2D eigenvalue weighted by Gasteiger charge is 2.09. The molecule has 0 aliphatic carbocycles. The van der Waals surface area contributed by atoms with Crippen LogP contribution in [0, 0.1) is 0 Å². The summed E-state index contributed by atoms with van der Waals surface area (Å²) in [4.78, 5) is 15.7. The highest BCUT2D eigenvalue weighted by atomic mass is 35.5. The van der Waals surface area contributed by atoms with Crippen LogP contribution in [0.15, 0.2) is 29.8 Å². The van der Waals surface area contributed by atoms with E-state index in [9.17, 15) is 4.79 Å². The summed E-state index contributed by atoms with van der Waals surface area (Å²) in [5.41, 5.74) is 6.36. The molecule has 0 bridgehead atoms. The number of nitrogens with two attached hydrogens (primary N) is 1. The fourth-order valence-electron chi connectivity index (χ4n) is 1.19. The van der Waals surface area contributed by atoms with E-state index >= 15 is 0 Å². The van der Waals surface area contributed by atoms with Gasteiger partial charge in [0.1, 0.15) is 11.6 Å². The van der Waals surface area contributed by atoms with Gasteiger partial charge in [-0.25, -0.2) is 9.78 Å². The second-order valence-corrected chi connectivity index (χ2v) is 4.62. The number of rotatable bonds is 3. The molecule has 0 fully saturated rings. The summed E-state index contributed by atoms with van der Waals surface area (Å²) < 4.78 is 5.08. The second kappa shape index (κ2) is 5.16. The minimum atomic E-state index is -0.442. The molecule has 0 unspecified atom stereocenters. The Morgan fingerprint density at radius 1 is 1.53 bits per heavy atom. The number of carbonyl (C=O) groups excluding carboxylic acids is 1. The lowest BCUT2D eigenvalue weighted by Crippen LogP contribution is -2.05. The molecule has 2 aromatic rings. The monoisotopic (exact) mass is 268 g/mol. The van der Waals surface area contributed by atoms with Gasteiger partial charge >= 0.3 is 5.97 Å². The maximum atomic E-state index is 11.7. The SMILES string of the molecule is Nc1ccc(C(=O)OCc2nccs2)cc1Cl. The summed E-state index contributed by atoms with van der Waals surface area (Å²) in [5.74, 6) is -0.442. The lowest BCUT2D eigenvalue weighted by molar-refractivity contribution is 0.0472. The fourth-order valence-corrected chi connectivity index (χ4v) is 1.90. The van der Waals surface area contributed by atoms with Crippen LogP contribution in [0.25, 0.3) is 0 Å². The molecule has 6 heteroatoms. The minimum Gasteiger partial charge on any atom is -0.455 e. The Bertz CT molecular complexity index is 528. The highest BCUT2D eigenvalue weighted by molar-refractivity contribution is 7.09. The molecular formula is C11H9ClN2O2S. The zero-order valence-corrected chi connectivity index (χ0v) is 10.3. The number of hydrogen-bond donors (Lipinski definition) is 1. The van der Waals surface area contributed by atoms with Crippen molar-refractivity contribution in [3.63, 3.8) is 0 Å². The third-order valence-electron chi connectivity index (χ3n) is 2.05. The van der Waals surface area contributed by atoms with E-state index in [-0.39, 0.29) is 6.61 Å². The van der Waals surface area contributed by atoms with Crippen LogP contribution in [0.1, 0.15) is 15.4 Å². The van der Waals surface area contributed by atoms with Crippen LogP contribution < -0.4 is 5.73 Å². The van der Waals surface area contributed by atoms with Crippen LogP contribution >= 0.6 is 22.9 Å². The molecule has 2 N–H and O–H groups in total. The third-order valence-corrected chi connectivity index (χ3v) is 3.13. The van der Waals surface area contributed by atoms with Crippen molar-refractivity contribution in [2.24, 2.45) is 0 Å². The van der Waals surface area contributed by atoms with Gasteiger partial charge in [0.2, 0.25) is 0 Å². The van der Waals surface area contributed by atoms with Gasteiger partial charge in [0.15, 0.2) is 0 Å². The Morgan fingerprint density at radius 3 is 3.00 bits per heavy atom. The normalized spacial score (nSPS) is 10.2. The first-order valence-corrected chi connectivity index (χ1v) is 6.03. The quantitative estimate of drug-likeness (QED) is 0.687. The Hall–Kier alpha value is -1.59. The van der Waals surface area contributed by atoms with Gasteiger partial charge in [0.05, 0.1) is 16.3 Å². The standard InChI is InChI=1S/C11H9ClN2O2S/c12-8-5-7(1-2-9(8)13)11(15)16-6-10-14-3-4-17-10/h1-5H,6,13H2. The predicted octanol–water partition coefficient (Wildman–Crippen LogP) is 2.74. The van der Waals surface area contributed by atoms with Crippen molar-refractivity contribution in [2.45, 2.75) is 6.61 Å². The molecule has 0 saturated heterocycles. The number of nitrogens with zero attached hydrogens (tertiary/aromatic N) is 1. The van der Waals surface area contributed by atoms with E-state index in [0.717, 1.165) is 5.01 Å². The van der Waals surface area contributed by atoms with E-state index in [1.54, 1.807) is 18.3 Å². The lowest BCUT2D eigenvalue weighted by atomic mass is 10.2. The number of nitrogen functional groups attached to an aromatic ring is 1. The summed E-state index contributed by atoms with van der Waals surface area (Å²) in [7, 11) is 0. The summed E-state index contributed by atoms with van der Waals surface area (Å²) in [5, 5.41) is 2.91. The van der Waals surface area contributed by atoms with Crippen molar-refractivity contribution < 1.29 is 9.53 Å². The molecule has 0 aliphatic heterocycles. The molecule has 88 valence electrons. The van der Waals surface area contributed by atoms with E-state index < -0.39 is 5.97 Å². The molecule has 1 aromatic carbocycles. The first-order chi connectivity index (χ1) is 8.16. The van der Waals surface area contributed by atoms with Gasteiger partial charge in [-0.05, 0) is 18.2 Å². The van der Waals surface area contributed by atoms with Crippen LogP contribution in [0.4, 0.5) is 5.69 Å². The van der Waals surface area contributed by atoms with Gasteiger partial charge < -0.3 is 10.5 Å². The summed E-state index contributed by atoms with van der Waals surface area (Å²) in [6.45, 7) is 0.165. The molecule has 1 aromatic heterocycles. The number of benzene rings is 1. The van der Waals surface area contributed by atoms with Crippen molar-refractivity contribution in [1.82, 2.24) is 4.98 Å². The van der Waals surface area contributed by atoms with E-state index in [0.29, 0.717) is 16.3 Å². The van der Waals surface area contributed by atoms with Gasteiger partial charge in [-0.3, -0.25) is 0 Å². The number of ether oxygens (including phenoxy) is 1. The fraction of sp³-hybridized carbons (Fsp3) is 0.0909. The topological polar surface area (TPSA) is 65.2 Å². The summed E-state index contributed by atoms with van der Waals surface area (Å²) in [6.07, 6.45) is 1.66. The smallest absolute Gasteiger partial charge is 0.338 e. The molecule has 0 atom stereocenters. The van der Waals surface area contributed by atoms with Gasteiger partial charge in [-0.1, -0.05) is 11.6 Å².